The molecule has 9 N–H and O–H groups in total. The van der Waals surface area contributed by atoms with Crippen LogP contribution in [0.5, 0.6) is 23.0 Å². The molecule has 270 valence electrons. The van der Waals surface area contributed by atoms with E-state index < -0.39 is 156 Å². The van der Waals surface area contributed by atoms with E-state index in [0.717, 1.165) is 47.1 Å². The molecule has 0 radical (unpaired) electrons. The van der Waals surface area contributed by atoms with E-state index in [0.29, 0.717) is 0 Å². The second kappa shape index (κ2) is 11.5. The molecule has 4 aliphatic carbocycles. The molecule has 0 spiro atoms. The average Bonchev–Trinajstić information content (AvgIpc) is 3.06. The van der Waals surface area contributed by atoms with E-state index in [2.05, 4.69) is 0 Å². The zero-order valence-corrected chi connectivity index (χ0v) is 27.4. The normalized spacial score (nSPS) is 31.5. The minimum absolute atomic E-state index is 0.452. The zero-order chi connectivity index (χ0) is 38.0. The average molecular weight is 713 g/mol. The van der Waals surface area contributed by atoms with Gasteiger partial charge in [0.1, 0.15) is 64.7 Å². The Balaban J connectivity index is 1.71. The van der Waals surface area contributed by atoms with Crippen LogP contribution in [-0.4, -0.2) is 137 Å². The summed E-state index contributed by atoms with van der Waals surface area (Å²) >= 11 is 0. The van der Waals surface area contributed by atoms with Crippen LogP contribution in [0.25, 0.3) is 11.1 Å². The number of benzene rings is 2. The first kappa shape index (κ1) is 35.8. The molecule has 0 aliphatic heterocycles. The van der Waals surface area contributed by atoms with Gasteiger partial charge in [-0.2, -0.15) is 0 Å². The number of phenols is 2. The van der Waals surface area contributed by atoms with Gasteiger partial charge in [0.2, 0.25) is 0 Å². The Hall–Kier alpha value is -5.01. The van der Waals surface area contributed by atoms with Crippen LogP contribution in [0.2, 0.25) is 0 Å². The molecule has 8 atom stereocenters. The molecule has 6 rings (SSSR count). The summed E-state index contributed by atoms with van der Waals surface area (Å²) in [5.74, 6) is -8.91. The summed E-state index contributed by atoms with van der Waals surface area (Å²) < 4.78 is 15.9. The van der Waals surface area contributed by atoms with Crippen LogP contribution in [0.1, 0.15) is 62.2 Å². The molecular weight excluding hydrogens is 680 g/mol. The maximum Gasteiger partial charge on any atom is 0.303 e. The van der Waals surface area contributed by atoms with Gasteiger partial charge in [0.15, 0.2) is 29.2 Å². The van der Waals surface area contributed by atoms with Crippen molar-refractivity contribution in [1.82, 2.24) is 0 Å². The number of hydrogen-bond donors (Lipinski definition) is 9. The molecule has 8 unspecified atom stereocenters. The fourth-order valence-electron chi connectivity index (χ4n) is 7.39. The van der Waals surface area contributed by atoms with Gasteiger partial charge in [-0.05, 0) is 13.8 Å². The van der Waals surface area contributed by atoms with Crippen LogP contribution in [0, 0.1) is 0 Å². The lowest BCUT2D eigenvalue weighted by molar-refractivity contribution is -0.191. The van der Waals surface area contributed by atoms with E-state index >= 15 is 0 Å². The largest absolute Gasteiger partial charge is 0.507 e. The lowest BCUT2D eigenvalue weighted by atomic mass is 9.65. The summed E-state index contributed by atoms with van der Waals surface area (Å²) in [4.78, 5) is 69.0. The van der Waals surface area contributed by atoms with Crippen molar-refractivity contribution in [2.24, 2.45) is 0 Å². The summed E-state index contributed by atoms with van der Waals surface area (Å²) in [6.07, 6.45) is -13.2. The number of ketones is 4. The number of fused-ring (bicyclic) bond motifs is 2. The highest BCUT2D eigenvalue weighted by Crippen LogP contribution is 2.54. The molecule has 17 heteroatoms. The Morgan fingerprint density at radius 2 is 0.980 bits per heavy atom. The number of carbonyl (C=O) groups is 5. The minimum atomic E-state index is -2.59. The third kappa shape index (κ3) is 4.56. The van der Waals surface area contributed by atoms with Crippen LogP contribution in [0.15, 0.2) is 34.4 Å². The first-order chi connectivity index (χ1) is 23.7. The van der Waals surface area contributed by atoms with Gasteiger partial charge in [-0.15, -0.1) is 0 Å². The number of phenolic OH excluding ortho intramolecular Hbond substituents is 2. The monoisotopic (exact) mass is 712 g/mol. The Bertz CT molecular complexity index is 2070. The molecule has 0 fully saturated rings. The van der Waals surface area contributed by atoms with Gasteiger partial charge < -0.3 is 60.2 Å². The number of hydrogen-bond acceptors (Lipinski definition) is 17. The topological polar surface area (TPSA) is 295 Å². The third-order valence-electron chi connectivity index (χ3n) is 10.00. The van der Waals surface area contributed by atoms with Gasteiger partial charge in [-0.25, -0.2) is 0 Å². The standard InChI is InChI=1S/C34H32O17/c1-8(35)51-32-28(43)20-22(30(45)34(32,3)48)26(41)18-14(24(20)39)10(37)7-12(50-5)16(18)15-11(49-4)6-9(36)13-17(15)25(40)21-19(23(13)38)27(42)31(46)33(2,47)29(21)44/h6-7,27-32,36-37,42-48H,1-5H3. The van der Waals surface area contributed by atoms with Crippen molar-refractivity contribution in [1.29, 1.82) is 0 Å². The predicted molar refractivity (Wildman–Crippen MR) is 167 cm³/mol. The highest BCUT2D eigenvalue weighted by atomic mass is 16.6. The van der Waals surface area contributed by atoms with Crippen LogP contribution in [0.4, 0.5) is 0 Å². The van der Waals surface area contributed by atoms with Crippen LogP contribution in [0.3, 0.4) is 0 Å². The number of methoxy groups -OCH3 is 2. The van der Waals surface area contributed by atoms with Crippen LogP contribution in [-0.2, 0) is 9.53 Å². The van der Waals surface area contributed by atoms with Gasteiger partial charge in [-0.1, -0.05) is 0 Å². The van der Waals surface area contributed by atoms with E-state index in [9.17, 15) is 69.9 Å². The highest BCUT2D eigenvalue weighted by Gasteiger charge is 2.59. The highest BCUT2D eigenvalue weighted by molar-refractivity contribution is 6.34. The van der Waals surface area contributed by atoms with E-state index in [1.165, 1.54) is 0 Å². The SMILES string of the molecule is COc1cc(O)c2c(c1-c1c(OC)cc(O)c3c1C(=O)C1=C(C3=O)C(O)C(OC(C)=O)C(C)(O)C1O)C(=O)C1=C(C2=O)C(O)C(O)C(C)(O)C1O. The van der Waals surface area contributed by atoms with Gasteiger partial charge in [0.05, 0.1) is 25.3 Å². The number of carbonyl (C=O) groups excluding carboxylic acids is 5. The molecule has 0 bridgehead atoms. The zero-order valence-electron chi connectivity index (χ0n) is 27.4. The van der Waals surface area contributed by atoms with Crippen molar-refractivity contribution in [2.45, 2.75) is 68.6 Å². The number of rotatable bonds is 4. The van der Waals surface area contributed by atoms with Gasteiger partial charge in [0.25, 0.3) is 0 Å². The van der Waals surface area contributed by atoms with Crippen LogP contribution < -0.4 is 9.47 Å². The summed E-state index contributed by atoms with van der Waals surface area (Å²) in [7, 11) is 2.12. The predicted octanol–water partition coefficient (Wildman–Crippen LogP) is -1.60. The van der Waals surface area contributed by atoms with E-state index in [-0.39, 0.29) is 0 Å². The maximum atomic E-state index is 14.6. The Morgan fingerprint density at radius 1 is 0.608 bits per heavy atom. The maximum absolute atomic E-state index is 14.6. The van der Waals surface area contributed by atoms with Gasteiger partial charge in [-0.3, -0.25) is 24.0 Å². The molecule has 0 aromatic heterocycles. The molecule has 17 nitrogen and oxygen atoms in total. The number of Topliss-reactive ketones (excluding diaryl/α,β-unsaturated/α-hetero) is 4. The molecule has 0 saturated carbocycles. The molecule has 51 heavy (non-hydrogen) atoms. The molecule has 2 aromatic rings. The number of aliphatic hydroxyl groups excluding tert-OH is 5. The van der Waals surface area contributed by atoms with Crippen LogP contribution >= 0.6 is 0 Å². The quantitative estimate of drug-likeness (QED) is 0.161. The van der Waals surface area contributed by atoms with Crippen molar-refractivity contribution in [3.8, 4) is 34.1 Å². The minimum Gasteiger partial charge on any atom is -0.507 e. The lowest BCUT2D eigenvalue weighted by Crippen LogP contribution is -2.63. The summed E-state index contributed by atoms with van der Waals surface area (Å²) in [6, 6.07) is 1.68. The number of aromatic hydroxyl groups is 2. The summed E-state index contributed by atoms with van der Waals surface area (Å²) in [6.45, 7) is 2.76. The third-order valence-corrected chi connectivity index (χ3v) is 10.00. The molecule has 4 aliphatic rings. The number of esters is 1. The number of ether oxygens (including phenoxy) is 3. The second-order valence-electron chi connectivity index (χ2n) is 13.0. The first-order valence-corrected chi connectivity index (χ1v) is 15.3. The van der Waals surface area contributed by atoms with Crippen molar-refractivity contribution in [3.05, 3.63) is 56.7 Å². The fraction of sp³-hybridized carbons (Fsp3) is 0.382. The Kier molecular flexibility index (Phi) is 8.08. The number of aliphatic hydroxyl groups is 7. The second-order valence-corrected chi connectivity index (χ2v) is 13.0. The van der Waals surface area contributed by atoms with E-state index in [1.807, 2.05) is 0 Å². The summed E-state index contributed by atoms with van der Waals surface area (Å²) in [5.41, 5.74) is -12.9. The van der Waals surface area contributed by atoms with E-state index in [1.54, 1.807) is 0 Å². The summed E-state index contributed by atoms with van der Waals surface area (Å²) in [5, 5.41) is 99.2. The smallest absolute Gasteiger partial charge is 0.303 e. The Labute approximate surface area is 286 Å². The van der Waals surface area contributed by atoms with Crippen molar-refractivity contribution in [3.63, 3.8) is 0 Å². The lowest BCUT2D eigenvalue weighted by Gasteiger charge is -2.45. The molecule has 2 aromatic carbocycles. The van der Waals surface area contributed by atoms with Gasteiger partial charge >= 0.3 is 5.97 Å². The molecular formula is C34H32O17. The Morgan fingerprint density at radius 3 is 1.37 bits per heavy atom. The van der Waals surface area contributed by atoms with Crippen molar-refractivity contribution in [2.75, 3.05) is 14.2 Å². The molecule has 0 heterocycles. The van der Waals surface area contributed by atoms with Crippen molar-refractivity contribution >= 4 is 29.1 Å². The molecule has 0 saturated heterocycles. The molecule has 0 amide bonds. The fourth-order valence-corrected chi connectivity index (χ4v) is 7.39. The van der Waals surface area contributed by atoms with E-state index in [4.69, 9.17) is 14.2 Å². The first-order valence-electron chi connectivity index (χ1n) is 15.3. The van der Waals surface area contributed by atoms with Gasteiger partial charge in [0, 0.05) is 63.6 Å². The van der Waals surface area contributed by atoms with Crippen molar-refractivity contribution < 1.29 is 84.1 Å².